The minimum atomic E-state index is -0.476. The number of nitrogens with zero attached hydrogens (tertiary/aromatic N) is 2. The minimum absolute atomic E-state index is 0.111. The first kappa shape index (κ1) is 16.9. The number of hydrogen-bond donors (Lipinski definition) is 0. The highest BCUT2D eigenvalue weighted by Gasteiger charge is 2.14. The van der Waals surface area contributed by atoms with E-state index in [1.54, 1.807) is 36.7 Å². The van der Waals surface area contributed by atoms with Gasteiger partial charge in [-0.1, -0.05) is 17.7 Å². The topological polar surface area (TPSA) is 61.3 Å². The summed E-state index contributed by atoms with van der Waals surface area (Å²) in [5.41, 5.74) is 1.30. The average Bonchev–Trinajstić information content (AvgIpc) is 2.60. The number of pyridine rings is 2. The highest BCUT2D eigenvalue weighted by molar-refractivity contribution is 14.1. The lowest BCUT2D eigenvalue weighted by molar-refractivity contribution is -0.147. The molecule has 0 aliphatic carbocycles. The molecule has 5 nitrogen and oxygen atoms in total. The zero-order valence-electron chi connectivity index (χ0n) is 12.4. The molecule has 24 heavy (non-hydrogen) atoms. The van der Waals surface area contributed by atoms with Crippen LogP contribution in [0.3, 0.4) is 0 Å². The molecule has 122 valence electrons. The summed E-state index contributed by atoms with van der Waals surface area (Å²) in [5, 5.41) is 1.36. The Hall–Kier alpha value is -1.93. The lowest BCUT2D eigenvalue weighted by Crippen LogP contribution is -2.15. The van der Waals surface area contributed by atoms with Gasteiger partial charge >= 0.3 is 5.97 Å². The molecule has 3 rings (SSSR count). The van der Waals surface area contributed by atoms with E-state index in [0.29, 0.717) is 22.0 Å². The fraction of sp³-hybridized carbons (Fsp3) is 0.118. The highest BCUT2D eigenvalue weighted by atomic mass is 127. The van der Waals surface area contributed by atoms with Crippen LogP contribution in [0.25, 0.3) is 10.9 Å². The number of benzene rings is 1. The Morgan fingerprint density at radius 2 is 2.00 bits per heavy atom. The second-order valence-corrected chi connectivity index (χ2v) is 6.41. The van der Waals surface area contributed by atoms with Gasteiger partial charge in [-0.3, -0.25) is 9.97 Å². The van der Waals surface area contributed by atoms with Gasteiger partial charge in [0.2, 0.25) is 0 Å². The van der Waals surface area contributed by atoms with Gasteiger partial charge < -0.3 is 9.47 Å². The van der Waals surface area contributed by atoms with Crippen molar-refractivity contribution in [1.29, 1.82) is 0 Å². The summed E-state index contributed by atoms with van der Waals surface area (Å²) in [7, 11) is 0. The molecule has 1 aromatic carbocycles. The standard InChI is InChI=1S/C17H12ClIN2O3/c18-13-8-14(19)17(16-12(13)5-3-7-21-16)24-10-15(22)23-9-11-4-1-2-6-20-11/h1-8H,9-10H2. The number of hydrogen-bond acceptors (Lipinski definition) is 5. The summed E-state index contributed by atoms with van der Waals surface area (Å²) in [6.45, 7) is -0.101. The molecule has 0 aliphatic heterocycles. The maximum absolute atomic E-state index is 11.9. The van der Waals surface area contributed by atoms with Gasteiger partial charge in [-0.2, -0.15) is 0 Å². The monoisotopic (exact) mass is 454 g/mol. The maximum Gasteiger partial charge on any atom is 0.344 e. The van der Waals surface area contributed by atoms with Crippen molar-refractivity contribution < 1.29 is 14.3 Å². The third kappa shape index (κ3) is 3.93. The molecule has 0 fully saturated rings. The molecular weight excluding hydrogens is 443 g/mol. The van der Waals surface area contributed by atoms with Crippen LogP contribution in [0.2, 0.25) is 5.02 Å². The summed E-state index contributed by atoms with van der Waals surface area (Å²) >= 11 is 8.32. The molecule has 7 heteroatoms. The first-order valence-corrected chi connectivity index (χ1v) is 8.52. The lowest BCUT2D eigenvalue weighted by atomic mass is 10.2. The largest absolute Gasteiger partial charge is 0.478 e. The van der Waals surface area contributed by atoms with Gasteiger partial charge in [0.15, 0.2) is 12.4 Å². The number of esters is 1. The van der Waals surface area contributed by atoms with E-state index in [4.69, 9.17) is 21.1 Å². The molecule has 2 heterocycles. The van der Waals surface area contributed by atoms with Gasteiger partial charge in [0, 0.05) is 17.8 Å². The van der Waals surface area contributed by atoms with E-state index in [-0.39, 0.29) is 13.2 Å². The van der Waals surface area contributed by atoms with Crippen LogP contribution in [-0.4, -0.2) is 22.5 Å². The van der Waals surface area contributed by atoms with E-state index in [2.05, 4.69) is 32.6 Å². The second-order valence-electron chi connectivity index (χ2n) is 4.84. The Morgan fingerprint density at radius 1 is 1.17 bits per heavy atom. The molecular formula is C17H12ClIN2O3. The maximum atomic E-state index is 11.9. The molecule has 0 amide bonds. The molecule has 0 N–H and O–H groups in total. The van der Waals surface area contributed by atoms with Crippen LogP contribution >= 0.6 is 34.2 Å². The number of halogens is 2. The van der Waals surface area contributed by atoms with Gasteiger partial charge in [0.05, 0.1) is 14.3 Å². The molecule has 0 atom stereocenters. The van der Waals surface area contributed by atoms with E-state index in [9.17, 15) is 4.79 Å². The fourth-order valence-corrected chi connectivity index (χ4v) is 3.26. The highest BCUT2D eigenvalue weighted by Crippen LogP contribution is 2.34. The number of carbonyl (C=O) groups is 1. The predicted octanol–water partition coefficient (Wildman–Crippen LogP) is 4.01. The van der Waals surface area contributed by atoms with E-state index >= 15 is 0 Å². The first-order valence-electron chi connectivity index (χ1n) is 7.06. The molecule has 0 aliphatic rings. The number of ether oxygens (including phenoxy) is 2. The number of rotatable bonds is 5. The van der Waals surface area contributed by atoms with Crippen LogP contribution in [0.4, 0.5) is 0 Å². The lowest BCUT2D eigenvalue weighted by Gasteiger charge is -2.11. The quantitative estimate of drug-likeness (QED) is 0.431. The SMILES string of the molecule is O=C(COc1c(I)cc(Cl)c2cccnc12)OCc1ccccn1. The van der Waals surface area contributed by atoms with Crippen molar-refractivity contribution in [3.05, 3.63) is 63.1 Å². The van der Waals surface area contributed by atoms with Crippen LogP contribution in [-0.2, 0) is 16.1 Å². The molecule has 0 spiro atoms. The van der Waals surface area contributed by atoms with E-state index in [0.717, 1.165) is 8.96 Å². The van der Waals surface area contributed by atoms with Crippen LogP contribution in [0, 0.1) is 3.57 Å². The number of aromatic nitrogens is 2. The van der Waals surface area contributed by atoms with Crippen LogP contribution < -0.4 is 4.74 Å². The normalized spacial score (nSPS) is 10.6. The van der Waals surface area contributed by atoms with E-state index in [1.807, 2.05) is 12.1 Å². The van der Waals surface area contributed by atoms with E-state index < -0.39 is 5.97 Å². The summed E-state index contributed by atoms with van der Waals surface area (Å²) in [4.78, 5) is 20.3. The fourth-order valence-electron chi connectivity index (χ4n) is 2.09. The molecule has 0 saturated carbocycles. The van der Waals surface area contributed by atoms with Crippen LogP contribution in [0.5, 0.6) is 5.75 Å². The van der Waals surface area contributed by atoms with Crippen molar-refractivity contribution in [1.82, 2.24) is 9.97 Å². The average molecular weight is 455 g/mol. The zero-order chi connectivity index (χ0) is 16.9. The molecule has 0 unspecified atom stereocenters. The van der Waals surface area contributed by atoms with Gasteiger partial charge in [-0.25, -0.2) is 4.79 Å². The van der Waals surface area contributed by atoms with Gasteiger partial charge in [0.1, 0.15) is 12.1 Å². The Morgan fingerprint density at radius 3 is 2.79 bits per heavy atom. The smallest absolute Gasteiger partial charge is 0.344 e. The minimum Gasteiger partial charge on any atom is -0.478 e. The van der Waals surface area contributed by atoms with Gasteiger partial charge in [-0.05, 0) is 52.9 Å². The van der Waals surface area contributed by atoms with Crippen LogP contribution in [0.1, 0.15) is 5.69 Å². The van der Waals surface area contributed by atoms with Crippen LogP contribution in [0.15, 0.2) is 48.8 Å². The van der Waals surface area contributed by atoms with E-state index in [1.165, 1.54) is 0 Å². The van der Waals surface area contributed by atoms with Crippen molar-refractivity contribution in [2.75, 3.05) is 6.61 Å². The summed E-state index contributed by atoms with van der Waals surface area (Å²) in [5.74, 6) is 0.0425. The summed E-state index contributed by atoms with van der Waals surface area (Å²) < 4.78 is 11.6. The number of carbonyl (C=O) groups excluding carboxylic acids is 1. The zero-order valence-corrected chi connectivity index (χ0v) is 15.3. The van der Waals surface area contributed by atoms with Crippen molar-refractivity contribution in [3.63, 3.8) is 0 Å². The van der Waals surface area contributed by atoms with Crippen molar-refractivity contribution in [3.8, 4) is 5.75 Å². The Labute approximate surface area is 157 Å². The Kier molecular flexibility index (Phi) is 5.47. The third-order valence-corrected chi connectivity index (χ3v) is 4.31. The number of fused-ring (bicyclic) bond motifs is 1. The van der Waals surface area contributed by atoms with Gasteiger partial charge in [0.25, 0.3) is 0 Å². The predicted molar refractivity (Wildman–Crippen MR) is 99.0 cm³/mol. The second kappa shape index (κ2) is 7.76. The van der Waals surface area contributed by atoms with Crippen molar-refractivity contribution >= 4 is 51.1 Å². The molecule has 0 bridgehead atoms. The molecule has 2 aromatic heterocycles. The summed E-state index contributed by atoms with van der Waals surface area (Å²) in [6, 6.07) is 10.9. The molecule has 0 saturated heterocycles. The molecule has 3 aromatic rings. The first-order chi connectivity index (χ1) is 11.6. The molecule has 0 radical (unpaired) electrons. The van der Waals surface area contributed by atoms with Crippen molar-refractivity contribution in [2.24, 2.45) is 0 Å². The Balaban J connectivity index is 1.68. The van der Waals surface area contributed by atoms with Gasteiger partial charge in [-0.15, -0.1) is 0 Å². The van der Waals surface area contributed by atoms with Crippen molar-refractivity contribution in [2.45, 2.75) is 6.61 Å². The summed E-state index contributed by atoms with van der Waals surface area (Å²) in [6.07, 6.45) is 3.30. The Bertz CT molecular complexity index is 874. The third-order valence-electron chi connectivity index (χ3n) is 3.19.